The van der Waals surface area contributed by atoms with Gasteiger partial charge in [0.1, 0.15) is 0 Å². The lowest BCUT2D eigenvalue weighted by molar-refractivity contribution is 0.124. The average Bonchev–Trinajstić information content (AvgIpc) is 2.58. The summed E-state index contributed by atoms with van der Waals surface area (Å²) in [5.74, 6) is 0.742. The molecule has 0 bridgehead atoms. The molecule has 0 radical (unpaired) electrons. The number of aryl methyl sites for hydroxylation is 1. The number of nitrogens with one attached hydrogen (secondary N) is 1. The van der Waals surface area contributed by atoms with Gasteiger partial charge in [0.15, 0.2) is 5.82 Å². The van der Waals surface area contributed by atoms with Crippen molar-refractivity contribution in [3.63, 3.8) is 0 Å². The Morgan fingerprint density at radius 3 is 2.86 bits per heavy atom. The molecule has 1 aromatic rings. The molecular formula is C8H17N5O. The summed E-state index contributed by atoms with van der Waals surface area (Å²) in [6.07, 6.45) is 0.740. The van der Waals surface area contributed by atoms with Gasteiger partial charge in [-0.15, -0.1) is 10.2 Å². The number of rotatable bonds is 6. The first-order chi connectivity index (χ1) is 6.76. The molecule has 0 aliphatic carbocycles. The maximum absolute atomic E-state index is 5.32. The van der Waals surface area contributed by atoms with E-state index in [1.54, 1.807) is 7.05 Å². The number of likely N-dealkylation sites (N-methyl/N-ethyl adjacent to an activating group) is 1. The lowest BCUT2D eigenvalue weighted by Gasteiger charge is -2.13. The quantitative estimate of drug-likeness (QED) is 0.661. The molecule has 0 spiro atoms. The zero-order valence-corrected chi connectivity index (χ0v) is 8.90. The first-order valence-corrected chi connectivity index (χ1v) is 4.74. The van der Waals surface area contributed by atoms with Crippen LogP contribution in [0.4, 0.5) is 0 Å². The van der Waals surface area contributed by atoms with Gasteiger partial charge in [0.25, 0.3) is 0 Å². The van der Waals surface area contributed by atoms with Gasteiger partial charge in [0.05, 0.1) is 13.7 Å². The number of nitrogens with zero attached hydrogens (tertiary/aromatic N) is 4. The molecule has 6 nitrogen and oxygen atoms in total. The Kier molecular flexibility index (Phi) is 4.48. The Hall–Kier alpha value is -1.01. The Morgan fingerprint density at radius 1 is 1.57 bits per heavy atom. The third-order valence-electron chi connectivity index (χ3n) is 1.91. The minimum atomic E-state index is 0.249. The number of ether oxygens (including phenoxy) is 1. The molecule has 1 aromatic heterocycles. The highest BCUT2D eigenvalue weighted by molar-refractivity contribution is 4.83. The maximum Gasteiger partial charge on any atom is 0.176 e. The predicted octanol–water partition coefficient (Wildman–Crippen LogP) is -0.623. The molecule has 0 amide bonds. The average molecular weight is 199 g/mol. The van der Waals surface area contributed by atoms with Crippen molar-refractivity contribution < 1.29 is 4.74 Å². The normalized spacial score (nSPS) is 13.1. The van der Waals surface area contributed by atoms with E-state index in [9.17, 15) is 0 Å². The number of aromatic nitrogens is 4. The van der Waals surface area contributed by atoms with Crippen LogP contribution in [0.1, 0.15) is 12.7 Å². The SMILES string of the molecule is CCOCC(Cc1nnn(C)n1)NC. The van der Waals surface area contributed by atoms with Crippen molar-refractivity contribution in [2.45, 2.75) is 19.4 Å². The monoisotopic (exact) mass is 199 g/mol. The summed E-state index contributed by atoms with van der Waals surface area (Å²) in [5, 5.41) is 14.9. The fourth-order valence-corrected chi connectivity index (χ4v) is 1.13. The van der Waals surface area contributed by atoms with E-state index in [0.717, 1.165) is 18.9 Å². The molecule has 0 saturated carbocycles. The molecule has 0 aliphatic heterocycles. The third-order valence-corrected chi connectivity index (χ3v) is 1.91. The Morgan fingerprint density at radius 2 is 2.36 bits per heavy atom. The standard InChI is InChI=1S/C8H17N5O/c1-4-14-6-7(9-2)5-8-10-12-13(3)11-8/h7,9H,4-6H2,1-3H3. The lowest BCUT2D eigenvalue weighted by atomic mass is 10.2. The smallest absolute Gasteiger partial charge is 0.176 e. The van der Waals surface area contributed by atoms with Crippen LogP contribution in [0, 0.1) is 0 Å². The fraction of sp³-hybridized carbons (Fsp3) is 0.875. The van der Waals surface area contributed by atoms with Gasteiger partial charge in [-0.1, -0.05) is 0 Å². The highest BCUT2D eigenvalue weighted by atomic mass is 16.5. The molecule has 0 fully saturated rings. The second kappa shape index (κ2) is 5.66. The van der Waals surface area contributed by atoms with Crippen molar-refractivity contribution in [1.29, 1.82) is 0 Å². The van der Waals surface area contributed by atoms with Crippen molar-refractivity contribution in [3.8, 4) is 0 Å². The highest BCUT2D eigenvalue weighted by Crippen LogP contribution is 1.95. The van der Waals surface area contributed by atoms with E-state index >= 15 is 0 Å². The van der Waals surface area contributed by atoms with Crippen molar-refractivity contribution in [1.82, 2.24) is 25.5 Å². The van der Waals surface area contributed by atoms with Crippen molar-refractivity contribution >= 4 is 0 Å². The number of hydrogen-bond acceptors (Lipinski definition) is 5. The van der Waals surface area contributed by atoms with Gasteiger partial charge >= 0.3 is 0 Å². The largest absolute Gasteiger partial charge is 0.380 e. The first kappa shape index (κ1) is 11.1. The summed E-state index contributed by atoms with van der Waals surface area (Å²) in [4.78, 5) is 1.46. The summed E-state index contributed by atoms with van der Waals surface area (Å²) in [7, 11) is 3.66. The third kappa shape index (κ3) is 3.39. The number of hydrogen-bond donors (Lipinski definition) is 1. The van der Waals surface area contributed by atoms with Crippen LogP contribution in [-0.4, -0.2) is 46.5 Å². The highest BCUT2D eigenvalue weighted by Gasteiger charge is 2.10. The van der Waals surface area contributed by atoms with Gasteiger partial charge in [0.2, 0.25) is 0 Å². The van der Waals surface area contributed by atoms with E-state index in [2.05, 4.69) is 20.7 Å². The van der Waals surface area contributed by atoms with Crippen LogP contribution in [0.5, 0.6) is 0 Å². The molecular weight excluding hydrogens is 182 g/mol. The maximum atomic E-state index is 5.32. The summed E-state index contributed by atoms with van der Waals surface area (Å²) in [5.41, 5.74) is 0. The zero-order chi connectivity index (χ0) is 10.4. The van der Waals surface area contributed by atoms with Crippen LogP contribution in [-0.2, 0) is 18.2 Å². The molecule has 1 unspecified atom stereocenters. The van der Waals surface area contributed by atoms with Crippen molar-refractivity contribution in [3.05, 3.63) is 5.82 Å². The van der Waals surface area contributed by atoms with E-state index in [1.165, 1.54) is 4.80 Å². The minimum Gasteiger partial charge on any atom is -0.380 e. The second-order valence-corrected chi connectivity index (χ2v) is 3.04. The van der Waals surface area contributed by atoms with Crippen LogP contribution in [0.3, 0.4) is 0 Å². The molecule has 1 atom stereocenters. The molecule has 1 N–H and O–H groups in total. The van der Waals surface area contributed by atoms with Gasteiger partial charge in [-0.05, 0) is 19.2 Å². The number of tetrazole rings is 1. The van der Waals surface area contributed by atoms with Crippen LogP contribution in [0.2, 0.25) is 0 Å². The first-order valence-electron chi connectivity index (χ1n) is 4.74. The molecule has 0 aromatic carbocycles. The summed E-state index contributed by atoms with van der Waals surface area (Å²) >= 11 is 0. The van der Waals surface area contributed by atoms with E-state index in [1.807, 2.05) is 14.0 Å². The summed E-state index contributed by atoms with van der Waals surface area (Å²) in [6.45, 7) is 3.38. The van der Waals surface area contributed by atoms with Gasteiger partial charge < -0.3 is 10.1 Å². The Labute approximate surface area is 83.6 Å². The van der Waals surface area contributed by atoms with E-state index < -0.39 is 0 Å². The Balaban J connectivity index is 2.40. The van der Waals surface area contributed by atoms with E-state index in [0.29, 0.717) is 6.61 Å². The topological polar surface area (TPSA) is 64.9 Å². The minimum absolute atomic E-state index is 0.249. The van der Waals surface area contributed by atoms with Crippen LogP contribution < -0.4 is 5.32 Å². The zero-order valence-electron chi connectivity index (χ0n) is 8.90. The van der Waals surface area contributed by atoms with Gasteiger partial charge in [-0.25, -0.2) is 0 Å². The molecule has 1 heterocycles. The molecule has 0 aliphatic rings. The molecule has 6 heteroatoms. The van der Waals surface area contributed by atoms with Crippen LogP contribution in [0.15, 0.2) is 0 Å². The van der Waals surface area contributed by atoms with Gasteiger partial charge in [-0.3, -0.25) is 0 Å². The molecule has 80 valence electrons. The summed E-state index contributed by atoms with van der Waals surface area (Å²) < 4.78 is 5.32. The Bertz CT molecular complexity index is 262. The molecule has 14 heavy (non-hydrogen) atoms. The van der Waals surface area contributed by atoms with Crippen molar-refractivity contribution in [2.75, 3.05) is 20.3 Å². The lowest BCUT2D eigenvalue weighted by Crippen LogP contribution is -2.33. The second-order valence-electron chi connectivity index (χ2n) is 3.04. The van der Waals surface area contributed by atoms with E-state index in [-0.39, 0.29) is 6.04 Å². The van der Waals surface area contributed by atoms with Gasteiger partial charge in [0, 0.05) is 19.1 Å². The van der Waals surface area contributed by atoms with Crippen molar-refractivity contribution in [2.24, 2.45) is 7.05 Å². The van der Waals surface area contributed by atoms with Crippen LogP contribution in [0.25, 0.3) is 0 Å². The van der Waals surface area contributed by atoms with Gasteiger partial charge in [-0.2, -0.15) is 4.80 Å². The fourth-order valence-electron chi connectivity index (χ4n) is 1.13. The molecule has 1 rings (SSSR count). The molecule has 0 saturated heterocycles. The van der Waals surface area contributed by atoms with E-state index in [4.69, 9.17) is 4.74 Å². The summed E-state index contributed by atoms with van der Waals surface area (Å²) in [6, 6.07) is 0.249. The van der Waals surface area contributed by atoms with Crippen LogP contribution >= 0.6 is 0 Å². The predicted molar refractivity (Wildman–Crippen MR) is 51.8 cm³/mol.